The van der Waals surface area contributed by atoms with E-state index in [0.29, 0.717) is 6.54 Å². The van der Waals surface area contributed by atoms with Crippen LogP contribution in [-0.4, -0.2) is 68.9 Å². The number of piperazine rings is 1. The first kappa shape index (κ1) is 21.6. The summed E-state index contributed by atoms with van der Waals surface area (Å²) in [5.74, 6) is 0.0920. The number of anilines is 1. The van der Waals surface area contributed by atoms with Crippen LogP contribution in [0.5, 0.6) is 0 Å². The molecule has 7 heteroatoms. The van der Waals surface area contributed by atoms with E-state index >= 15 is 0 Å². The van der Waals surface area contributed by atoms with Crippen molar-refractivity contribution >= 4 is 22.4 Å². The lowest BCUT2D eigenvalue weighted by Gasteiger charge is -2.35. The molecule has 1 saturated heterocycles. The van der Waals surface area contributed by atoms with Gasteiger partial charge in [0.1, 0.15) is 0 Å². The topological polar surface area (TPSA) is 64.8 Å². The van der Waals surface area contributed by atoms with Gasteiger partial charge in [0, 0.05) is 58.1 Å². The summed E-state index contributed by atoms with van der Waals surface area (Å²) in [4.78, 5) is 20.3. The highest BCUT2D eigenvalue weighted by Crippen LogP contribution is 2.37. The van der Waals surface area contributed by atoms with Gasteiger partial charge >= 0.3 is 0 Å². The molecule has 7 nitrogen and oxygen atoms in total. The lowest BCUT2D eigenvalue weighted by molar-refractivity contribution is 0.0192. The number of aliphatic hydroxyl groups excluding tert-OH is 1. The fraction of sp³-hybridized carbons (Fsp3) is 0.481. The molecule has 2 atom stereocenters. The third-order valence-corrected chi connectivity index (χ3v) is 7.98. The van der Waals surface area contributed by atoms with Gasteiger partial charge in [0.2, 0.25) is 0 Å². The number of hydrogen-bond acceptors (Lipinski definition) is 5. The van der Waals surface area contributed by atoms with Crippen LogP contribution >= 0.6 is 0 Å². The van der Waals surface area contributed by atoms with Gasteiger partial charge in [0.05, 0.1) is 24.0 Å². The summed E-state index contributed by atoms with van der Waals surface area (Å²) >= 11 is 0. The van der Waals surface area contributed by atoms with Gasteiger partial charge in [0.15, 0.2) is 0 Å². The average Bonchev–Trinajstić information content (AvgIpc) is 3.44. The highest BCUT2D eigenvalue weighted by Gasteiger charge is 2.38. The Balaban J connectivity index is 1.25. The molecule has 3 aromatic rings. The van der Waals surface area contributed by atoms with E-state index in [0.717, 1.165) is 69.5 Å². The maximum absolute atomic E-state index is 13.5. The molecule has 2 aromatic carbocycles. The zero-order valence-corrected chi connectivity index (χ0v) is 19.9. The van der Waals surface area contributed by atoms with E-state index in [1.54, 1.807) is 0 Å². The molecule has 34 heavy (non-hydrogen) atoms. The first-order chi connectivity index (χ1) is 16.6. The van der Waals surface area contributed by atoms with Crippen molar-refractivity contribution < 1.29 is 9.90 Å². The minimum Gasteiger partial charge on any atom is -0.391 e. The van der Waals surface area contributed by atoms with Gasteiger partial charge < -0.3 is 14.9 Å². The highest BCUT2D eigenvalue weighted by molar-refractivity contribution is 6.05. The van der Waals surface area contributed by atoms with Crippen LogP contribution in [0.3, 0.4) is 0 Å². The third kappa shape index (κ3) is 3.77. The van der Waals surface area contributed by atoms with Gasteiger partial charge in [-0.1, -0.05) is 37.1 Å². The molecule has 2 fully saturated rings. The first-order valence-corrected chi connectivity index (χ1v) is 12.6. The van der Waals surface area contributed by atoms with E-state index in [1.807, 2.05) is 22.8 Å². The van der Waals surface area contributed by atoms with Crippen LogP contribution < -0.4 is 4.90 Å². The van der Waals surface area contributed by atoms with Crippen LogP contribution in [0.15, 0.2) is 42.7 Å². The number of aliphatic hydroxyl groups is 1. The Morgan fingerprint density at radius 1 is 1.06 bits per heavy atom. The predicted molar refractivity (Wildman–Crippen MR) is 133 cm³/mol. The normalized spacial score (nSPS) is 23.6. The number of nitrogens with zero attached hydrogens (tertiary/aromatic N) is 5. The van der Waals surface area contributed by atoms with Crippen LogP contribution in [0, 0.1) is 0 Å². The Labute approximate surface area is 200 Å². The van der Waals surface area contributed by atoms with Crippen molar-refractivity contribution in [1.29, 1.82) is 0 Å². The molecule has 1 amide bonds. The summed E-state index contributed by atoms with van der Waals surface area (Å²) in [6, 6.07) is 10.6. The zero-order chi connectivity index (χ0) is 23.2. The van der Waals surface area contributed by atoms with Gasteiger partial charge in [-0.15, -0.1) is 0 Å². The van der Waals surface area contributed by atoms with Crippen molar-refractivity contribution in [2.45, 2.75) is 50.9 Å². The summed E-state index contributed by atoms with van der Waals surface area (Å²) in [6.07, 6.45) is 7.42. The van der Waals surface area contributed by atoms with Crippen LogP contribution in [0.1, 0.15) is 47.2 Å². The molecule has 1 aromatic heterocycles. The van der Waals surface area contributed by atoms with Crippen molar-refractivity contribution in [2.75, 3.05) is 31.1 Å². The quantitative estimate of drug-likeness (QED) is 0.649. The van der Waals surface area contributed by atoms with E-state index in [9.17, 15) is 9.90 Å². The molecule has 0 unspecified atom stereocenters. The molecule has 0 spiro atoms. The van der Waals surface area contributed by atoms with Crippen LogP contribution in [0.4, 0.5) is 5.69 Å². The lowest BCUT2D eigenvalue weighted by Crippen LogP contribution is -2.46. The maximum atomic E-state index is 13.5. The number of carbonyl (C=O) groups excluding carboxylic acids is 1. The summed E-state index contributed by atoms with van der Waals surface area (Å²) in [5, 5.41) is 17.3. The van der Waals surface area contributed by atoms with Crippen molar-refractivity contribution in [1.82, 2.24) is 19.6 Å². The fourth-order valence-electron chi connectivity index (χ4n) is 6.10. The summed E-state index contributed by atoms with van der Waals surface area (Å²) in [5.41, 5.74) is 4.37. The highest BCUT2D eigenvalue weighted by atomic mass is 16.3. The predicted octanol–water partition coefficient (Wildman–Crippen LogP) is 3.15. The van der Waals surface area contributed by atoms with Crippen LogP contribution in [-0.2, 0) is 20.1 Å². The molecule has 3 aliphatic rings. The number of aryl methyl sites for hydroxylation is 1. The molecule has 3 heterocycles. The molecule has 6 rings (SSSR count). The Hall–Kier alpha value is -2.90. The monoisotopic (exact) mass is 459 g/mol. The number of hydrogen-bond donors (Lipinski definition) is 1. The maximum Gasteiger partial charge on any atom is 0.254 e. The summed E-state index contributed by atoms with van der Waals surface area (Å²) in [6.45, 7) is 5.36. The first-order valence-electron chi connectivity index (χ1n) is 12.6. The van der Waals surface area contributed by atoms with Crippen LogP contribution in [0.2, 0.25) is 0 Å². The second kappa shape index (κ2) is 8.71. The molecule has 0 bridgehead atoms. The molecule has 178 valence electrons. The number of rotatable bonds is 4. The Morgan fingerprint density at radius 3 is 2.56 bits per heavy atom. The second-order valence-corrected chi connectivity index (χ2v) is 10.1. The van der Waals surface area contributed by atoms with Gasteiger partial charge in [-0.3, -0.25) is 14.4 Å². The van der Waals surface area contributed by atoms with Crippen LogP contribution in [0.25, 0.3) is 10.8 Å². The van der Waals surface area contributed by atoms with E-state index in [4.69, 9.17) is 0 Å². The van der Waals surface area contributed by atoms with Crippen molar-refractivity contribution in [2.24, 2.45) is 7.05 Å². The number of carbonyl (C=O) groups is 1. The minimum absolute atomic E-state index is 0.0589. The molecule has 2 aliphatic heterocycles. The Morgan fingerprint density at radius 2 is 1.82 bits per heavy atom. The standard InChI is InChI=1S/C27H33N5O2/c1-29-17-20(15-28-29)31-12-10-30(11-13-31)16-19-14-23-24(22-7-3-2-6-21(19)22)18-32(27(23)34)25-8-4-5-9-26(25)33/h2-3,6-7,14-15,17,25-26,33H,4-5,8-13,16,18H2,1H3/t25-,26-/m0/s1. The van der Waals surface area contributed by atoms with E-state index in [1.165, 1.54) is 22.0 Å². The number of aromatic nitrogens is 2. The third-order valence-electron chi connectivity index (χ3n) is 7.98. The average molecular weight is 460 g/mol. The van der Waals surface area contributed by atoms with Gasteiger partial charge in [-0.05, 0) is 40.8 Å². The van der Waals surface area contributed by atoms with Gasteiger partial charge in [0.25, 0.3) is 5.91 Å². The summed E-state index contributed by atoms with van der Waals surface area (Å²) in [7, 11) is 1.95. The second-order valence-electron chi connectivity index (χ2n) is 10.1. The molecular formula is C27H33N5O2. The smallest absolute Gasteiger partial charge is 0.254 e. The molecule has 1 N–H and O–H groups in total. The van der Waals surface area contributed by atoms with E-state index < -0.39 is 6.10 Å². The molecule has 1 saturated carbocycles. The van der Waals surface area contributed by atoms with Gasteiger partial charge in [-0.2, -0.15) is 5.10 Å². The zero-order valence-electron chi connectivity index (χ0n) is 19.9. The number of fused-ring (bicyclic) bond motifs is 3. The van der Waals surface area contributed by atoms with E-state index in [2.05, 4.69) is 51.4 Å². The van der Waals surface area contributed by atoms with Crippen molar-refractivity contribution in [3.05, 3.63) is 59.4 Å². The Kier molecular flexibility index (Phi) is 5.54. The molecule has 0 radical (unpaired) electrons. The van der Waals surface area contributed by atoms with Crippen molar-refractivity contribution in [3.8, 4) is 0 Å². The fourth-order valence-corrected chi connectivity index (χ4v) is 6.10. The van der Waals surface area contributed by atoms with Gasteiger partial charge in [-0.25, -0.2) is 0 Å². The largest absolute Gasteiger partial charge is 0.391 e. The molecular weight excluding hydrogens is 426 g/mol. The SMILES string of the molecule is Cn1cc(N2CCN(Cc3cc4c(c5ccccc35)CN([C@H]3CCCC[C@@H]3O)C4=O)CC2)cn1. The minimum atomic E-state index is -0.408. The van der Waals surface area contributed by atoms with E-state index in [-0.39, 0.29) is 11.9 Å². The number of benzene rings is 2. The number of amides is 1. The van der Waals surface area contributed by atoms with Crippen molar-refractivity contribution in [3.63, 3.8) is 0 Å². The Bertz CT molecular complexity index is 1210. The lowest BCUT2D eigenvalue weighted by atomic mass is 9.91. The summed E-state index contributed by atoms with van der Waals surface area (Å²) < 4.78 is 1.85. The molecule has 1 aliphatic carbocycles.